The number of alkyl halides is 7. The molecule has 1 unspecified atom stereocenters. The molecule has 1 N–H and O–H groups in total. The van der Waals surface area contributed by atoms with E-state index >= 15 is 0 Å². The van der Waals surface area contributed by atoms with Crippen LogP contribution in [0.1, 0.15) is 40.0 Å². The topological polar surface area (TPSA) is 12.0 Å². The lowest BCUT2D eigenvalue weighted by Crippen LogP contribution is -2.50. The summed E-state index contributed by atoms with van der Waals surface area (Å²) in [5, 5.41) is 2.53. The van der Waals surface area contributed by atoms with Gasteiger partial charge in [0.1, 0.15) is 0 Å². The molecule has 1 atom stereocenters. The number of hydrogen-bond acceptors (Lipinski definition) is 1. The Morgan fingerprint density at radius 2 is 1.42 bits per heavy atom. The van der Waals surface area contributed by atoms with Crippen molar-refractivity contribution in [1.82, 2.24) is 5.32 Å². The monoisotopic (exact) mass is 297 g/mol. The van der Waals surface area contributed by atoms with E-state index in [0.717, 1.165) is 6.92 Å². The molecule has 0 aliphatic heterocycles. The zero-order valence-electron chi connectivity index (χ0n) is 10.9. The van der Waals surface area contributed by atoms with E-state index in [-0.39, 0.29) is 6.04 Å². The predicted molar refractivity (Wildman–Crippen MR) is 57.5 cm³/mol. The van der Waals surface area contributed by atoms with Gasteiger partial charge in [-0.25, -0.2) is 17.6 Å². The summed E-state index contributed by atoms with van der Waals surface area (Å²) in [5.41, 5.74) is -1.69. The molecular weight excluding hydrogens is 279 g/mol. The van der Waals surface area contributed by atoms with Crippen molar-refractivity contribution in [3.05, 3.63) is 0 Å². The van der Waals surface area contributed by atoms with Crippen LogP contribution in [-0.2, 0) is 0 Å². The van der Waals surface area contributed by atoms with Gasteiger partial charge in [-0.05, 0) is 13.3 Å². The SMILES string of the molecule is CC(C)NC(C)(CCC(F)(F)C(F)F)CC(F)(F)F. The Kier molecular flexibility index (Phi) is 6.10. The van der Waals surface area contributed by atoms with Crippen LogP contribution >= 0.6 is 0 Å². The molecule has 0 saturated heterocycles. The van der Waals surface area contributed by atoms with E-state index in [0.29, 0.717) is 0 Å². The molecule has 0 fully saturated rings. The Labute approximate surface area is 107 Å². The van der Waals surface area contributed by atoms with Crippen LogP contribution in [0, 0.1) is 0 Å². The van der Waals surface area contributed by atoms with Gasteiger partial charge in [0.25, 0.3) is 0 Å². The molecule has 0 bridgehead atoms. The third kappa shape index (κ3) is 7.59. The van der Waals surface area contributed by atoms with Gasteiger partial charge in [-0.3, -0.25) is 0 Å². The van der Waals surface area contributed by atoms with E-state index in [1.807, 2.05) is 0 Å². The molecule has 0 aliphatic carbocycles. The molecule has 0 heterocycles. The molecule has 0 radical (unpaired) electrons. The van der Waals surface area contributed by atoms with Gasteiger partial charge in [-0.15, -0.1) is 0 Å². The molecule has 116 valence electrons. The molecule has 0 rings (SSSR count). The van der Waals surface area contributed by atoms with Gasteiger partial charge >= 0.3 is 18.5 Å². The molecular formula is C11H18F7N. The quantitative estimate of drug-likeness (QED) is 0.688. The maximum Gasteiger partial charge on any atom is 0.390 e. The van der Waals surface area contributed by atoms with Crippen molar-refractivity contribution in [2.75, 3.05) is 0 Å². The van der Waals surface area contributed by atoms with Crippen molar-refractivity contribution < 1.29 is 30.7 Å². The van der Waals surface area contributed by atoms with Gasteiger partial charge < -0.3 is 5.32 Å². The highest BCUT2D eigenvalue weighted by Crippen LogP contribution is 2.35. The molecule has 0 saturated carbocycles. The average Bonchev–Trinajstić information content (AvgIpc) is 2.10. The highest BCUT2D eigenvalue weighted by atomic mass is 19.4. The van der Waals surface area contributed by atoms with Crippen LogP contribution in [0.15, 0.2) is 0 Å². The zero-order chi connectivity index (χ0) is 15.5. The van der Waals surface area contributed by atoms with E-state index in [2.05, 4.69) is 5.32 Å². The summed E-state index contributed by atoms with van der Waals surface area (Å²) in [4.78, 5) is 0. The van der Waals surface area contributed by atoms with Gasteiger partial charge in [-0.1, -0.05) is 13.8 Å². The second-order valence-corrected chi connectivity index (χ2v) is 5.21. The third-order valence-corrected chi connectivity index (χ3v) is 2.56. The van der Waals surface area contributed by atoms with Crippen LogP contribution in [0.2, 0.25) is 0 Å². The van der Waals surface area contributed by atoms with Gasteiger partial charge in [-0.2, -0.15) is 13.2 Å². The molecule has 1 nitrogen and oxygen atoms in total. The maximum atomic E-state index is 12.8. The van der Waals surface area contributed by atoms with Crippen LogP contribution in [0.4, 0.5) is 30.7 Å². The summed E-state index contributed by atoms with van der Waals surface area (Å²) in [6.07, 6.45) is -11.8. The van der Waals surface area contributed by atoms with Gasteiger partial charge in [0.05, 0.1) is 6.42 Å². The zero-order valence-corrected chi connectivity index (χ0v) is 10.9. The Hall–Kier alpha value is -0.530. The van der Waals surface area contributed by atoms with Crippen LogP contribution in [0.3, 0.4) is 0 Å². The fourth-order valence-corrected chi connectivity index (χ4v) is 1.90. The van der Waals surface area contributed by atoms with Gasteiger partial charge in [0.15, 0.2) is 0 Å². The van der Waals surface area contributed by atoms with E-state index in [1.54, 1.807) is 13.8 Å². The first-order valence-electron chi connectivity index (χ1n) is 5.78. The first kappa shape index (κ1) is 18.5. The molecule has 0 amide bonds. The minimum absolute atomic E-state index is 0.382. The van der Waals surface area contributed by atoms with Crippen LogP contribution in [0.5, 0.6) is 0 Å². The molecule has 8 heteroatoms. The Balaban J connectivity index is 4.78. The molecule has 0 aromatic heterocycles. The highest BCUT2D eigenvalue weighted by molar-refractivity contribution is 4.89. The molecule has 19 heavy (non-hydrogen) atoms. The summed E-state index contributed by atoms with van der Waals surface area (Å²) >= 11 is 0. The van der Waals surface area contributed by atoms with E-state index in [4.69, 9.17) is 0 Å². The van der Waals surface area contributed by atoms with E-state index in [1.165, 1.54) is 0 Å². The second-order valence-electron chi connectivity index (χ2n) is 5.21. The molecule has 0 aliphatic rings. The first-order chi connectivity index (χ1) is 8.27. The number of hydrogen-bond donors (Lipinski definition) is 1. The lowest BCUT2D eigenvalue weighted by Gasteiger charge is -2.35. The normalized spacial score (nSPS) is 17.1. The smallest absolute Gasteiger partial charge is 0.309 e. The number of nitrogens with one attached hydrogen (secondary N) is 1. The van der Waals surface area contributed by atoms with Crippen LogP contribution in [0.25, 0.3) is 0 Å². The lowest BCUT2D eigenvalue weighted by atomic mass is 9.89. The Morgan fingerprint density at radius 3 is 1.74 bits per heavy atom. The minimum atomic E-state index is -4.56. The molecule has 0 aromatic carbocycles. The summed E-state index contributed by atoms with van der Waals surface area (Å²) in [6, 6.07) is -0.382. The van der Waals surface area contributed by atoms with Gasteiger partial charge in [0, 0.05) is 18.0 Å². The number of rotatable bonds is 7. The largest absolute Gasteiger partial charge is 0.390 e. The summed E-state index contributed by atoms with van der Waals surface area (Å²) in [6.45, 7) is 4.22. The van der Waals surface area contributed by atoms with Crippen molar-refractivity contribution in [3.8, 4) is 0 Å². The molecule has 0 aromatic rings. The summed E-state index contributed by atoms with van der Waals surface area (Å²) < 4.78 is 86.8. The summed E-state index contributed by atoms with van der Waals surface area (Å²) in [5.74, 6) is -4.27. The van der Waals surface area contributed by atoms with Crippen LogP contribution in [-0.4, -0.2) is 30.1 Å². The third-order valence-electron chi connectivity index (χ3n) is 2.56. The van der Waals surface area contributed by atoms with Gasteiger partial charge in [0.2, 0.25) is 0 Å². The predicted octanol–water partition coefficient (Wildman–Crippen LogP) is 4.38. The fraction of sp³-hybridized carbons (Fsp3) is 1.00. The molecule has 0 spiro atoms. The van der Waals surface area contributed by atoms with Crippen molar-refractivity contribution in [1.29, 1.82) is 0 Å². The van der Waals surface area contributed by atoms with Crippen molar-refractivity contribution in [2.24, 2.45) is 0 Å². The minimum Gasteiger partial charge on any atom is -0.309 e. The Morgan fingerprint density at radius 1 is 0.947 bits per heavy atom. The fourth-order valence-electron chi connectivity index (χ4n) is 1.90. The van der Waals surface area contributed by atoms with E-state index < -0.39 is 43.3 Å². The second kappa shape index (κ2) is 6.28. The van der Waals surface area contributed by atoms with Crippen molar-refractivity contribution in [3.63, 3.8) is 0 Å². The first-order valence-corrected chi connectivity index (χ1v) is 5.78. The highest BCUT2D eigenvalue weighted by Gasteiger charge is 2.45. The Bertz CT molecular complexity index is 275. The van der Waals surface area contributed by atoms with Crippen LogP contribution < -0.4 is 5.32 Å². The van der Waals surface area contributed by atoms with Crippen molar-refractivity contribution in [2.45, 2.75) is 70.1 Å². The summed E-state index contributed by atoms with van der Waals surface area (Å²) in [7, 11) is 0. The maximum absolute atomic E-state index is 12.8. The van der Waals surface area contributed by atoms with Crippen molar-refractivity contribution >= 4 is 0 Å². The lowest BCUT2D eigenvalue weighted by molar-refractivity contribution is -0.159. The number of halogens is 7. The average molecular weight is 297 g/mol. The standard InChI is InChI=1S/C11H18F7N/c1-7(2)19-9(3,6-11(16,17)18)4-5-10(14,15)8(12)13/h7-8,19H,4-6H2,1-3H3. The van der Waals surface area contributed by atoms with E-state index in [9.17, 15) is 30.7 Å².